The van der Waals surface area contributed by atoms with Crippen molar-refractivity contribution in [3.8, 4) is 5.69 Å². The third kappa shape index (κ3) is 4.10. The molecule has 0 saturated carbocycles. The second-order valence-electron chi connectivity index (χ2n) is 6.95. The molecule has 0 amide bonds. The van der Waals surface area contributed by atoms with Gasteiger partial charge in [0, 0.05) is 5.69 Å². The molecule has 148 valence electrons. The van der Waals surface area contributed by atoms with Crippen molar-refractivity contribution in [1.82, 2.24) is 29.8 Å². The molecule has 2 aromatic heterocycles. The highest BCUT2D eigenvalue weighted by Gasteiger charge is 2.25. The highest BCUT2D eigenvalue weighted by Crippen LogP contribution is 2.30. The van der Waals surface area contributed by atoms with Crippen molar-refractivity contribution >= 4 is 11.8 Å². The largest absolute Gasteiger partial charge is 0.338 e. The molecule has 0 aliphatic carbocycles. The highest BCUT2D eigenvalue weighted by molar-refractivity contribution is 7.98. The lowest BCUT2D eigenvalue weighted by molar-refractivity contribution is 0.167. The molecule has 3 aromatic rings. The van der Waals surface area contributed by atoms with E-state index in [1.807, 2.05) is 4.57 Å². The van der Waals surface area contributed by atoms with Crippen molar-refractivity contribution in [1.29, 1.82) is 0 Å². The molecule has 1 unspecified atom stereocenters. The quantitative estimate of drug-likeness (QED) is 0.578. The first-order valence-corrected chi connectivity index (χ1v) is 10.5. The van der Waals surface area contributed by atoms with E-state index in [2.05, 4.69) is 32.2 Å². The van der Waals surface area contributed by atoms with Gasteiger partial charge in [-0.3, -0.25) is 9.47 Å². The number of likely N-dealkylation sites (tertiary alicyclic amines) is 1. The molecule has 3 heterocycles. The minimum Gasteiger partial charge on any atom is -0.338 e. The van der Waals surface area contributed by atoms with Gasteiger partial charge in [-0.05, 0) is 64.0 Å². The summed E-state index contributed by atoms with van der Waals surface area (Å²) in [4.78, 5) is 6.68. The van der Waals surface area contributed by atoms with Gasteiger partial charge in [-0.2, -0.15) is 4.98 Å². The Morgan fingerprint density at radius 1 is 1.14 bits per heavy atom. The number of halogens is 1. The van der Waals surface area contributed by atoms with E-state index in [1.54, 1.807) is 19.1 Å². The van der Waals surface area contributed by atoms with Crippen molar-refractivity contribution in [2.75, 3.05) is 13.1 Å². The van der Waals surface area contributed by atoms with Crippen LogP contribution in [0.3, 0.4) is 0 Å². The number of hydrogen-bond acceptors (Lipinski definition) is 7. The van der Waals surface area contributed by atoms with E-state index in [9.17, 15) is 4.39 Å². The lowest BCUT2D eigenvalue weighted by Gasteiger charge is -2.31. The van der Waals surface area contributed by atoms with Crippen LogP contribution in [0.2, 0.25) is 0 Å². The Labute approximate surface area is 167 Å². The molecule has 1 saturated heterocycles. The predicted molar refractivity (Wildman–Crippen MR) is 104 cm³/mol. The SMILES string of the molecule is Cc1noc(CSc2nnc(C(C)N3CCCCC3)n2-c2ccc(F)cc2)n1. The van der Waals surface area contributed by atoms with Crippen molar-refractivity contribution < 1.29 is 8.91 Å². The van der Waals surface area contributed by atoms with E-state index in [4.69, 9.17) is 4.52 Å². The monoisotopic (exact) mass is 402 g/mol. The van der Waals surface area contributed by atoms with Crippen LogP contribution in [0, 0.1) is 12.7 Å². The van der Waals surface area contributed by atoms with Gasteiger partial charge in [0.1, 0.15) is 5.82 Å². The van der Waals surface area contributed by atoms with Crippen LogP contribution in [-0.4, -0.2) is 42.9 Å². The van der Waals surface area contributed by atoms with Crippen molar-refractivity contribution in [2.45, 2.75) is 50.1 Å². The first kappa shape index (κ1) is 19.1. The summed E-state index contributed by atoms with van der Waals surface area (Å²) in [5.74, 6) is 2.24. The average Bonchev–Trinajstić information content (AvgIpc) is 3.33. The number of rotatable bonds is 6. The average molecular weight is 402 g/mol. The Kier molecular flexibility index (Phi) is 5.72. The number of piperidine rings is 1. The maximum atomic E-state index is 13.5. The normalized spacial score (nSPS) is 16.4. The Morgan fingerprint density at radius 3 is 2.57 bits per heavy atom. The highest BCUT2D eigenvalue weighted by atomic mass is 32.2. The Bertz CT molecular complexity index is 919. The summed E-state index contributed by atoms with van der Waals surface area (Å²) in [5.41, 5.74) is 0.842. The zero-order valence-electron chi connectivity index (χ0n) is 16.0. The van der Waals surface area contributed by atoms with Gasteiger partial charge in [0.05, 0.1) is 11.8 Å². The van der Waals surface area contributed by atoms with Crippen LogP contribution in [0.25, 0.3) is 5.69 Å². The lowest BCUT2D eigenvalue weighted by Crippen LogP contribution is -2.33. The summed E-state index contributed by atoms with van der Waals surface area (Å²) in [6.45, 7) is 6.06. The van der Waals surface area contributed by atoms with Gasteiger partial charge in [0.15, 0.2) is 16.8 Å². The van der Waals surface area contributed by atoms with Gasteiger partial charge in [0.2, 0.25) is 5.89 Å². The van der Waals surface area contributed by atoms with Gasteiger partial charge in [0.25, 0.3) is 0 Å². The van der Waals surface area contributed by atoms with Crippen LogP contribution in [-0.2, 0) is 5.75 Å². The zero-order chi connectivity index (χ0) is 19.5. The van der Waals surface area contributed by atoms with Gasteiger partial charge in [-0.15, -0.1) is 10.2 Å². The number of benzene rings is 1. The molecule has 4 rings (SSSR count). The summed E-state index contributed by atoms with van der Waals surface area (Å²) in [6.07, 6.45) is 3.68. The van der Waals surface area contributed by atoms with Gasteiger partial charge >= 0.3 is 0 Å². The van der Waals surface area contributed by atoms with E-state index in [0.717, 1.165) is 29.8 Å². The molecular formula is C19H23FN6OS. The van der Waals surface area contributed by atoms with Gasteiger partial charge in [-0.25, -0.2) is 4.39 Å². The van der Waals surface area contributed by atoms with E-state index >= 15 is 0 Å². The van der Waals surface area contributed by atoms with Crippen LogP contribution in [0.5, 0.6) is 0 Å². The topological polar surface area (TPSA) is 72.9 Å². The molecule has 1 fully saturated rings. The van der Waals surface area contributed by atoms with Gasteiger partial charge in [-0.1, -0.05) is 23.3 Å². The molecule has 28 heavy (non-hydrogen) atoms. The third-order valence-corrected chi connectivity index (χ3v) is 5.86. The summed E-state index contributed by atoms with van der Waals surface area (Å²) >= 11 is 1.48. The van der Waals surface area contributed by atoms with Crippen LogP contribution in [0.1, 0.15) is 49.8 Å². The molecule has 1 aromatic carbocycles. The van der Waals surface area contributed by atoms with Crippen LogP contribution in [0.15, 0.2) is 33.9 Å². The molecule has 1 aliphatic rings. The number of hydrogen-bond donors (Lipinski definition) is 0. The second-order valence-corrected chi connectivity index (χ2v) is 7.89. The van der Waals surface area contributed by atoms with E-state index in [-0.39, 0.29) is 11.9 Å². The smallest absolute Gasteiger partial charge is 0.237 e. The predicted octanol–water partition coefficient (Wildman–Crippen LogP) is 3.94. The first-order chi connectivity index (χ1) is 13.6. The van der Waals surface area contributed by atoms with Crippen LogP contribution in [0.4, 0.5) is 4.39 Å². The third-order valence-electron chi connectivity index (χ3n) is 4.95. The van der Waals surface area contributed by atoms with E-state index in [1.165, 1.54) is 43.2 Å². The number of aryl methyl sites for hydroxylation is 1. The molecule has 1 atom stereocenters. The fraction of sp³-hybridized carbons (Fsp3) is 0.474. The number of aromatic nitrogens is 5. The maximum absolute atomic E-state index is 13.5. The minimum absolute atomic E-state index is 0.123. The molecular weight excluding hydrogens is 379 g/mol. The number of thioether (sulfide) groups is 1. The summed E-state index contributed by atoms with van der Waals surface area (Å²) < 4.78 is 20.7. The standard InChI is InChI=1S/C19H23FN6OS/c1-13(25-10-4-3-5-11-25)18-22-23-19(28-12-17-21-14(2)24-27-17)26(18)16-8-6-15(20)7-9-16/h6-9,13H,3-5,10-12H2,1-2H3. The first-order valence-electron chi connectivity index (χ1n) is 9.49. The van der Waals surface area contributed by atoms with E-state index in [0.29, 0.717) is 17.5 Å². The molecule has 0 radical (unpaired) electrons. The molecule has 0 N–H and O–H groups in total. The fourth-order valence-corrected chi connectivity index (χ4v) is 4.27. The molecule has 0 bridgehead atoms. The lowest BCUT2D eigenvalue weighted by atomic mass is 10.1. The van der Waals surface area contributed by atoms with Crippen molar-refractivity contribution in [3.05, 3.63) is 47.6 Å². The van der Waals surface area contributed by atoms with Crippen LogP contribution < -0.4 is 0 Å². The summed E-state index contributed by atoms with van der Waals surface area (Å²) in [6, 6.07) is 6.55. The second kappa shape index (κ2) is 8.40. The van der Waals surface area contributed by atoms with Gasteiger partial charge < -0.3 is 4.52 Å². The Morgan fingerprint density at radius 2 is 1.89 bits per heavy atom. The van der Waals surface area contributed by atoms with E-state index < -0.39 is 0 Å². The summed E-state index contributed by atoms with van der Waals surface area (Å²) in [7, 11) is 0. The van der Waals surface area contributed by atoms with Crippen molar-refractivity contribution in [3.63, 3.8) is 0 Å². The summed E-state index contributed by atoms with van der Waals surface area (Å²) in [5, 5.41) is 13.5. The maximum Gasteiger partial charge on any atom is 0.237 e. The molecule has 1 aliphatic heterocycles. The fourth-order valence-electron chi connectivity index (χ4n) is 3.47. The molecule has 0 spiro atoms. The molecule has 9 heteroatoms. The number of nitrogens with zero attached hydrogens (tertiary/aromatic N) is 6. The molecule has 7 nitrogen and oxygen atoms in total. The zero-order valence-corrected chi connectivity index (χ0v) is 16.8. The van der Waals surface area contributed by atoms with Crippen molar-refractivity contribution in [2.24, 2.45) is 0 Å². The Balaban J connectivity index is 1.65. The minimum atomic E-state index is -0.266. The van der Waals surface area contributed by atoms with Crippen LogP contribution >= 0.6 is 11.8 Å². The Hall–Kier alpha value is -2.26.